The Morgan fingerprint density at radius 1 is 1.29 bits per heavy atom. The Hall–Kier alpha value is -1.73. The van der Waals surface area contributed by atoms with E-state index in [-0.39, 0.29) is 29.8 Å². The van der Waals surface area contributed by atoms with Crippen LogP contribution in [-0.4, -0.2) is 64.8 Å². The second-order valence-electron chi connectivity index (χ2n) is 7.05. The Balaban J connectivity index is 1.46. The molecule has 24 heavy (non-hydrogen) atoms. The standard InChI is InChI=1S/C17H24N4O3/c1-19-10-13(9-18-19)21-6-2-3-14(17(21)23)20-7-8-24-15(11-20)16(22)12-4-5-12/h9-10,12,14-15H,2-8,11H2,1H3/t14-,15+/m0/s1. The summed E-state index contributed by atoms with van der Waals surface area (Å²) in [6.07, 6.45) is 7.06. The van der Waals surface area contributed by atoms with Gasteiger partial charge in [-0.3, -0.25) is 19.2 Å². The molecule has 0 radical (unpaired) electrons. The normalized spacial score (nSPS) is 29.0. The molecule has 1 aromatic rings. The number of ether oxygens (including phenoxy) is 1. The van der Waals surface area contributed by atoms with Gasteiger partial charge in [0.05, 0.1) is 24.5 Å². The smallest absolute Gasteiger partial charge is 0.244 e. The predicted molar refractivity (Wildman–Crippen MR) is 87.6 cm³/mol. The van der Waals surface area contributed by atoms with Gasteiger partial charge in [0.2, 0.25) is 5.91 Å². The maximum absolute atomic E-state index is 13.0. The topological polar surface area (TPSA) is 67.7 Å². The number of amides is 1. The monoisotopic (exact) mass is 332 g/mol. The highest BCUT2D eigenvalue weighted by Crippen LogP contribution is 2.33. The zero-order chi connectivity index (χ0) is 16.7. The molecular weight excluding hydrogens is 308 g/mol. The molecule has 3 heterocycles. The second kappa shape index (κ2) is 6.29. The Morgan fingerprint density at radius 3 is 2.83 bits per heavy atom. The molecule has 1 aromatic heterocycles. The third kappa shape index (κ3) is 2.98. The lowest BCUT2D eigenvalue weighted by Gasteiger charge is -2.41. The van der Waals surface area contributed by atoms with Gasteiger partial charge in [-0.2, -0.15) is 5.10 Å². The average Bonchev–Trinajstić information content (AvgIpc) is 3.36. The third-order valence-corrected chi connectivity index (χ3v) is 5.25. The number of nitrogens with zero attached hydrogens (tertiary/aromatic N) is 4. The minimum absolute atomic E-state index is 0.119. The van der Waals surface area contributed by atoms with Crippen LogP contribution >= 0.6 is 0 Å². The van der Waals surface area contributed by atoms with Crippen molar-refractivity contribution in [3.63, 3.8) is 0 Å². The summed E-state index contributed by atoms with van der Waals surface area (Å²) in [6.45, 7) is 2.52. The van der Waals surface area contributed by atoms with Crippen molar-refractivity contribution in [2.24, 2.45) is 13.0 Å². The molecular formula is C17H24N4O3. The molecule has 1 saturated carbocycles. The highest BCUT2D eigenvalue weighted by atomic mass is 16.5. The van der Waals surface area contributed by atoms with Crippen LogP contribution < -0.4 is 4.90 Å². The molecule has 0 unspecified atom stereocenters. The Labute approximate surface area is 141 Å². The van der Waals surface area contributed by atoms with Gasteiger partial charge in [0.1, 0.15) is 6.10 Å². The fourth-order valence-electron chi connectivity index (χ4n) is 3.75. The van der Waals surface area contributed by atoms with Gasteiger partial charge in [-0.1, -0.05) is 0 Å². The molecule has 2 aliphatic heterocycles. The first-order valence-corrected chi connectivity index (χ1v) is 8.83. The molecule has 0 bridgehead atoms. The van der Waals surface area contributed by atoms with Crippen LogP contribution in [0.5, 0.6) is 0 Å². The van der Waals surface area contributed by atoms with Crippen molar-refractivity contribution < 1.29 is 14.3 Å². The molecule has 0 aromatic carbocycles. The van der Waals surface area contributed by atoms with E-state index in [1.54, 1.807) is 10.9 Å². The van der Waals surface area contributed by atoms with E-state index in [2.05, 4.69) is 10.00 Å². The molecule has 1 aliphatic carbocycles. The largest absolute Gasteiger partial charge is 0.368 e. The van der Waals surface area contributed by atoms with E-state index in [9.17, 15) is 9.59 Å². The summed E-state index contributed by atoms with van der Waals surface area (Å²) in [5, 5.41) is 4.17. The van der Waals surface area contributed by atoms with Gasteiger partial charge in [-0.05, 0) is 25.7 Å². The van der Waals surface area contributed by atoms with Crippen LogP contribution in [0.4, 0.5) is 5.69 Å². The number of carbonyl (C=O) groups excluding carboxylic acids is 2. The lowest BCUT2D eigenvalue weighted by atomic mass is 10.0. The summed E-state index contributed by atoms with van der Waals surface area (Å²) in [4.78, 5) is 29.3. The first-order valence-electron chi connectivity index (χ1n) is 8.83. The minimum atomic E-state index is -0.354. The number of anilines is 1. The van der Waals surface area contributed by atoms with E-state index < -0.39 is 0 Å². The lowest BCUT2D eigenvalue weighted by Crippen LogP contribution is -2.58. The first-order chi connectivity index (χ1) is 11.6. The fourth-order valence-corrected chi connectivity index (χ4v) is 3.75. The molecule has 0 spiro atoms. The van der Waals surface area contributed by atoms with E-state index in [1.165, 1.54) is 0 Å². The van der Waals surface area contributed by atoms with E-state index in [0.717, 1.165) is 37.9 Å². The second-order valence-corrected chi connectivity index (χ2v) is 7.05. The van der Waals surface area contributed by atoms with Crippen molar-refractivity contribution in [3.8, 4) is 0 Å². The highest BCUT2D eigenvalue weighted by Gasteiger charge is 2.41. The van der Waals surface area contributed by atoms with E-state index in [4.69, 9.17) is 4.74 Å². The zero-order valence-corrected chi connectivity index (χ0v) is 14.1. The summed E-state index contributed by atoms with van der Waals surface area (Å²) in [7, 11) is 1.85. The summed E-state index contributed by atoms with van der Waals surface area (Å²) in [6, 6.07) is -0.155. The van der Waals surface area contributed by atoms with Crippen molar-refractivity contribution in [2.75, 3.05) is 31.1 Å². The number of rotatable bonds is 4. The summed E-state index contributed by atoms with van der Waals surface area (Å²) in [5.41, 5.74) is 0.853. The molecule has 7 heteroatoms. The van der Waals surface area contributed by atoms with Crippen molar-refractivity contribution in [1.29, 1.82) is 0 Å². The summed E-state index contributed by atoms with van der Waals surface area (Å²) < 4.78 is 7.40. The molecule has 1 amide bonds. The van der Waals surface area contributed by atoms with E-state index in [1.807, 2.05) is 18.1 Å². The first kappa shape index (κ1) is 15.8. The fraction of sp³-hybridized carbons (Fsp3) is 0.706. The van der Waals surface area contributed by atoms with Crippen LogP contribution in [0.25, 0.3) is 0 Å². The zero-order valence-electron chi connectivity index (χ0n) is 14.1. The van der Waals surface area contributed by atoms with Crippen LogP contribution in [0.1, 0.15) is 25.7 Å². The van der Waals surface area contributed by atoms with Crippen LogP contribution in [0, 0.1) is 5.92 Å². The maximum atomic E-state index is 13.0. The molecule has 0 N–H and O–H groups in total. The molecule has 3 aliphatic rings. The highest BCUT2D eigenvalue weighted by molar-refractivity contribution is 5.97. The quantitative estimate of drug-likeness (QED) is 0.807. The van der Waals surface area contributed by atoms with E-state index >= 15 is 0 Å². The van der Waals surface area contributed by atoms with Gasteiger partial charge in [0.25, 0.3) is 0 Å². The maximum Gasteiger partial charge on any atom is 0.244 e. The van der Waals surface area contributed by atoms with Gasteiger partial charge in [0.15, 0.2) is 5.78 Å². The van der Waals surface area contributed by atoms with Gasteiger partial charge in [-0.15, -0.1) is 0 Å². The Bertz CT molecular complexity index is 640. The average molecular weight is 332 g/mol. The van der Waals surface area contributed by atoms with Gasteiger partial charge in [0, 0.05) is 38.8 Å². The van der Waals surface area contributed by atoms with Crippen LogP contribution in [0.15, 0.2) is 12.4 Å². The number of Topliss-reactive ketones (excluding diaryl/α,β-unsaturated/α-hetero) is 1. The van der Waals surface area contributed by atoms with Crippen molar-refractivity contribution in [3.05, 3.63) is 12.4 Å². The Kier molecular flexibility index (Phi) is 4.14. The number of aryl methyl sites for hydroxylation is 1. The summed E-state index contributed by atoms with van der Waals surface area (Å²) >= 11 is 0. The number of piperidine rings is 1. The SMILES string of the molecule is Cn1cc(N2CCC[C@H](N3CCO[C@@H](C(=O)C4CC4)C3)C2=O)cn1. The van der Waals surface area contributed by atoms with Crippen molar-refractivity contribution in [1.82, 2.24) is 14.7 Å². The Morgan fingerprint density at radius 2 is 2.12 bits per heavy atom. The summed E-state index contributed by atoms with van der Waals surface area (Å²) in [5.74, 6) is 0.546. The molecule has 2 atom stereocenters. The van der Waals surface area contributed by atoms with Crippen molar-refractivity contribution >= 4 is 17.4 Å². The third-order valence-electron chi connectivity index (χ3n) is 5.25. The van der Waals surface area contributed by atoms with Gasteiger partial charge < -0.3 is 9.64 Å². The number of morpholine rings is 1. The number of carbonyl (C=O) groups is 2. The predicted octanol–water partition coefficient (Wildman–Crippen LogP) is 0.595. The van der Waals surface area contributed by atoms with Crippen LogP contribution in [0.2, 0.25) is 0 Å². The van der Waals surface area contributed by atoms with Gasteiger partial charge in [-0.25, -0.2) is 0 Å². The van der Waals surface area contributed by atoms with E-state index in [0.29, 0.717) is 19.7 Å². The lowest BCUT2D eigenvalue weighted by molar-refractivity contribution is -0.142. The van der Waals surface area contributed by atoms with Crippen molar-refractivity contribution in [2.45, 2.75) is 37.8 Å². The number of ketones is 1. The number of hydrogen-bond acceptors (Lipinski definition) is 5. The number of hydrogen-bond donors (Lipinski definition) is 0. The van der Waals surface area contributed by atoms with Crippen LogP contribution in [0.3, 0.4) is 0 Å². The van der Waals surface area contributed by atoms with Gasteiger partial charge >= 0.3 is 0 Å². The minimum Gasteiger partial charge on any atom is -0.368 e. The number of aromatic nitrogens is 2. The molecule has 4 rings (SSSR count). The molecule has 7 nitrogen and oxygen atoms in total. The molecule has 130 valence electrons. The molecule has 3 fully saturated rings. The molecule has 2 saturated heterocycles. The van der Waals surface area contributed by atoms with Crippen LogP contribution in [-0.2, 0) is 21.4 Å².